The van der Waals surface area contributed by atoms with Crippen molar-refractivity contribution >= 4 is 0 Å². The Kier molecular flexibility index (Phi) is 3.56. The number of rotatable bonds is 4. The molecule has 0 spiro atoms. The zero-order chi connectivity index (χ0) is 13.9. The summed E-state index contributed by atoms with van der Waals surface area (Å²) in [5.74, 6) is 1.64. The Hall–Kier alpha value is -2.07. The highest BCUT2D eigenvalue weighted by molar-refractivity contribution is 5.45. The van der Waals surface area contributed by atoms with Crippen molar-refractivity contribution in [3.8, 4) is 11.5 Å². The Morgan fingerprint density at radius 3 is 2.85 bits per heavy atom. The molecule has 1 aliphatic heterocycles. The third-order valence-corrected chi connectivity index (χ3v) is 3.46. The van der Waals surface area contributed by atoms with Crippen LogP contribution in [0.25, 0.3) is 0 Å². The average Bonchev–Trinajstić information content (AvgIpc) is 2.93. The van der Waals surface area contributed by atoms with E-state index < -0.39 is 0 Å². The van der Waals surface area contributed by atoms with Gasteiger partial charge in [-0.1, -0.05) is 12.1 Å². The van der Waals surface area contributed by atoms with Crippen LogP contribution in [0.2, 0.25) is 0 Å². The monoisotopic (exact) mass is 270 g/mol. The normalized spacial score (nSPS) is 14.3. The summed E-state index contributed by atoms with van der Waals surface area (Å²) in [6.45, 7) is 5.23. The summed E-state index contributed by atoms with van der Waals surface area (Å²) in [5, 5.41) is 3.47. The van der Waals surface area contributed by atoms with Crippen LogP contribution >= 0.6 is 0 Å². The topological polar surface area (TPSA) is 43.4 Å². The summed E-state index contributed by atoms with van der Waals surface area (Å²) in [6.07, 6.45) is 1.89. The third kappa shape index (κ3) is 2.75. The third-order valence-electron chi connectivity index (χ3n) is 3.46. The Morgan fingerprint density at radius 2 is 2.05 bits per heavy atom. The van der Waals surface area contributed by atoms with Crippen molar-refractivity contribution in [1.82, 2.24) is 10.3 Å². The Labute approximate surface area is 118 Å². The minimum atomic E-state index is 0.229. The van der Waals surface area contributed by atoms with Gasteiger partial charge in [-0.05, 0) is 43.2 Å². The highest BCUT2D eigenvalue weighted by Gasteiger charge is 2.15. The molecule has 2 heterocycles. The first kappa shape index (κ1) is 12.9. The highest BCUT2D eigenvalue weighted by atomic mass is 16.7. The van der Waals surface area contributed by atoms with Crippen LogP contribution in [-0.4, -0.2) is 11.8 Å². The highest BCUT2D eigenvalue weighted by Crippen LogP contribution is 2.34. The van der Waals surface area contributed by atoms with Crippen molar-refractivity contribution < 1.29 is 9.47 Å². The second-order valence-corrected chi connectivity index (χ2v) is 5.04. The number of benzene rings is 1. The molecule has 4 nitrogen and oxygen atoms in total. The van der Waals surface area contributed by atoms with Gasteiger partial charge >= 0.3 is 0 Å². The number of fused-ring (bicyclic) bond motifs is 1. The number of nitrogens with one attached hydrogen (secondary N) is 1. The number of pyridine rings is 1. The van der Waals surface area contributed by atoms with Crippen molar-refractivity contribution in [2.75, 3.05) is 6.79 Å². The summed E-state index contributed by atoms with van der Waals surface area (Å²) >= 11 is 0. The molecule has 1 aromatic carbocycles. The van der Waals surface area contributed by atoms with Crippen LogP contribution in [-0.2, 0) is 6.54 Å². The van der Waals surface area contributed by atoms with Crippen LogP contribution in [0.1, 0.15) is 29.8 Å². The zero-order valence-electron chi connectivity index (χ0n) is 11.7. The minimum absolute atomic E-state index is 0.229. The van der Waals surface area contributed by atoms with E-state index in [0.717, 1.165) is 23.7 Å². The van der Waals surface area contributed by atoms with E-state index >= 15 is 0 Å². The van der Waals surface area contributed by atoms with Crippen LogP contribution < -0.4 is 14.8 Å². The molecule has 1 atom stereocenters. The van der Waals surface area contributed by atoms with Crippen LogP contribution in [0.15, 0.2) is 36.5 Å². The molecule has 1 unspecified atom stereocenters. The van der Waals surface area contributed by atoms with Gasteiger partial charge in [0, 0.05) is 18.8 Å². The second-order valence-electron chi connectivity index (χ2n) is 5.04. The summed E-state index contributed by atoms with van der Waals surface area (Å²) in [4.78, 5) is 4.39. The molecule has 1 aromatic heterocycles. The zero-order valence-corrected chi connectivity index (χ0v) is 11.7. The van der Waals surface area contributed by atoms with E-state index in [0.29, 0.717) is 6.79 Å². The predicted octanol–water partition coefficient (Wildman–Crippen LogP) is 2.97. The average molecular weight is 270 g/mol. The first-order chi connectivity index (χ1) is 9.72. The largest absolute Gasteiger partial charge is 0.454 e. The molecule has 0 fully saturated rings. The van der Waals surface area contributed by atoms with Crippen molar-refractivity contribution in [3.05, 3.63) is 53.3 Å². The maximum absolute atomic E-state index is 5.40. The SMILES string of the molecule is Cc1ccc(CNC(C)c2ccc3c(c2)OCO3)nc1. The van der Waals surface area contributed by atoms with Crippen molar-refractivity contribution in [2.45, 2.75) is 26.4 Å². The molecule has 0 saturated carbocycles. The van der Waals surface area contributed by atoms with Gasteiger partial charge in [0.2, 0.25) is 6.79 Å². The fourth-order valence-corrected chi connectivity index (χ4v) is 2.16. The molecule has 0 radical (unpaired) electrons. The number of ether oxygens (including phenoxy) is 2. The van der Waals surface area contributed by atoms with Crippen molar-refractivity contribution in [1.29, 1.82) is 0 Å². The fourth-order valence-electron chi connectivity index (χ4n) is 2.16. The maximum Gasteiger partial charge on any atom is 0.231 e. The van der Waals surface area contributed by atoms with Gasteiger partial charge in [0.05, 0.1) is 5.69 Å². The van der Waals surface area contributed by atoms with Gasteiger partial charge in [-0.15, -0.1) is 0 Å². The van der Waals surface area contributed by atoms with Gasteiger partial charge in [0.1, 0.15) is 0 Å². The first-order valence-electron chi connectivity index (χ1n) is 6.77. The lowest BCUT2D eigenvalue weighted by Gasteiger charge is -2.14. The first-order valence-corrected chi connectivity index (χ1v) is 6.77. The van der Waals surface area contributed by atoms with Gasteiger partial charge in [-0.25, -0.2) is 0 Å². The van der Waals surface area contributed by atoms with Crippen molar-refractivity contribution in [2.24, 2.45) is 0 Å². The molecule has 3 rings (SSSR count). The van der Waals surface area contributed by atoms with Gasteiger partial charge in [-0.3, -0.25) is 4.98 Å². The molecular weight excluding hydrogens is 252 g/mol. The van der Waals surface area contributed by atoms with E-state index in [4.69, 9.17) is 9.47 Å². The number of aromatic nitrogens is 1. The van der Waals surface area contributed by atoms with Gasteiger partial charge < -0.3 is 14.8 Å². The molecule has 4 heteroatoms. The maximum atomic E-state index is 5.40. The van der Waals surface area contributed by atoms with Crippen LogP contribution in [0, 0.1) is 6.92 Å². The van der Waals surface area contributed by atoms with E-state index in [1.54, 1.807) is 0 Å². The minimum Gasteiger partial charge on any atom is -0.454 e. The van der Waals surface area contributed by atoms with E-state index in [-0.39, 0.29) is 6.04 Å². The van der Waals surface area contributed by atoms with Crippen LogP contribution in [0.5, 0.6) is 11.5 Å². The van der Waals surface area contributed by atoms with Crippen LogP contribution in [0.4, 0.5) is 0 Å². The number of hydrogen-bond donors (Lipinski definition) is 1. The molecule has 0 saturated heterocycles. The van der Waals surface area contributed by atoms with E-state index in [2.05, 4.69) is 35.4 Å². The quantitative estimate of drug-likeness (QED) is 0.927. The predicted molar refractivity (Wildman–Crippen MR) is 76.8 cm³/mol. The van der Waals surface area contributed by atoms with E-state index in [9.17, 15) is 0 Å². The molecule has 104 valence electrons. The van der Waals surface area contributed by atoms with Gasteiger partial charge in [-0.2, -0.15) is 0 Å². The van der Waals surface area contributed by atoms with Crippen LogP contribution in [0.3, 0.4) is 0 Å². The second kappa shape index (κ2) is 5.51. The van der Waals surface area contributed by atoms with E-state index in [1.165, 1.54) is 11.1 Å². The molecule has 1 aliphatic rings. The molecule has 1 N–H and O–H groups in total. The Morgan fingerprint density at radius 1 is 1.20 bits per heavy atom. The fraction of sp³-hybridized carbons (Fsp3) is 0.312. The Balaban J connectivity index is 1.64. The molecular formula is C16H18N2O2. The molecule has 0 aliphatic carbocycles. The standard InChI is InChI=1S/C16H18N2O2/c1-11-3-5-14(18-8-11)9-17-12(2)13-4-6-15-16(7-13)20-10-19-15/h3-8,12,17H,9-10H2,1-2H3. The lowest BCUT2D eigenvalue weighted by Crippen LogP contribution is -2.18. The molecule has 0 amide bonds. The number of aryl methyl sites for hydroxylation is 1. The lowest BCUT2D eigenvalue weighted by molar-refractivity contribution is 0.174. The summed E-state index contributed by atoms with van der Waals surface area (Å²) in [5.41, 5.74) is 3.40. The van der Waals surface area contributed by atoms with Gasteiger partial charge in [0.25, 0.3) is 0 Å². The van der Waals surface area contributed by atoms with Gasteiger partial charge in [0.15, 0.2) is 11.5 Å². The summed E-state index contributed by atoms with van der Waals surface area (Å²) < 4.78 is 10.7. The summed E-state index contributed by atoms with van der Waals surface area (Å²) in [7, 11) is 0. The molecule has 0 bridgehead atoms. The number of nitrogens with zero attached hydrogens (tertiary/aromatic N) is 1. The number of hydrogen-bond acceptors (Lipinski definition) is 4. The van der Waals surface area contributed by atoms with E-state index in [1.807, 2.05) is 25.3 Å². The smallest absolute Gasteiger partial charge is 0.231 e. The van der Waals surface area contributed by atoms with Crippen molar-refractivity contribution in [3.63, 3.8) is 0 Å². The Bertz CT molecular complexity index is 596. The molecule has 2 aromatic rings. The summed E-state index contributed by atoms with van der Waals surface area (Å²) in [6, 6.07) is 10.4. The lowest BCUT2D eigenvalue weighted by atomic mass is 10.1. The molecule has 20 heavy (non-hydrogen) atoms.